The van der Waals surface area contributed by atoms with E-state index in [1.807, 2.05) is 41.3 Å². The van der Waals surface area contributed by atoms with Crippen LogP contribution in [0.25, 0.3) is 10.9 Å². The smallest absolute Gasteiger partial charge is 0.505 e. The molecule has 2 aliphatic rings. The van der Waals surface area contributed by atoms with Crippen LogP contribution in [0.3, 0.4) is 0 Å². The Kier molecular flexibility index (Phi) is 9.61. The second-order valence-corrected chi connectivity index (χ2v) is 11.1. The molecule has 3 heterocycles. The Balaban J connectivity index is 1.18. The van der Waals surface area contributed by atoms with E-state index < -0.39 is 0 Å². The summed E-state index contributed by atoms with van der Waals surface area (Å²) < 4.78 is 16.4. The fourth-order valence-corrected chi connectivity index (χ4v) is 5.55. The van der Waals surface area contributed by atoms with Gasteiger partial charge in [-0.1, -0.05) is 6.42 Å². The zero-order chi connectivity index (χ0) is 28.6. The van der Waals surface area contributed by atoms with Gasteiger partial charge < -0.3 is 19.1 Å². The highest BCUT2D eigenvalue weighted by atomic mass is 16.5. The SMILES string of the molecule is COc1cc2c(N3CCN(C(=[OH+])Nc4ccc([OH+]C(C)C)cc4)CC3)[nH+]cnc2cc1OCCCN1CCCCC1. The van der Waals surface area contributed by atoms with Crippen LogP contribution >= 0.6 is 0 Å². The Morgan fingerprint density at radius 2 is 1.78 bits per heavy atom. The van der Waals surface area contributed by atoms with Gasteiger partial charge in [-0.05, 0) is 44.5 Å². The Hall–Kier alpha value is -3.79. The number of piperazine rings is 1. The van der Waals surface area contributed by atoms with Gasteiger partial charge in [0.1, 0.15) is 0 Å². The minimum Gasteiger partial charge on any atom is -0.581 e. The molecule has 3 aromatic rings. The number of aliphatic hydroxyl groups is 1. The van der Waals surface area contributed by atoms with Crippen LogP contribution in [-0.4, -0.2) is 96.0 Å². The maximum atomic E-state index is 10.8. The third-order valence-electron chi connectivity index (χ3n) is 7.69. The lowest BCUT2D eigenvalue weighted by atomic mass is 10.1. The molecule has 10 heteroatoms. The van der Waals surface area contributed by atoms with Crippen molar-refractivity contribution in [1.29, 1.82) is 0 Å². The molecule has 2 aliphatic heterocycles. The van der Waals surface area contributed by atoms with E-state index in [1.165, 1.54) is 32.4 Å². The number of anilines is 2. The Morgan fingerprint density at radius 1 is 1.02 bits per heavy atom. The molecule has 0 saturated carbocycles. The summed E-state index contributed by atoms with van der Waals surface area (Å²) >= 11 is 0. The van der Waals surface area contributed by atoms with Crippen molar-refractivity contribution in [2.45, 2.75) is 45.6 Å². The number of urea groups is 1. The number of benzene rings is 2. The Bertz CT molecular complexity index is 1290. The molecular weight excluding hydrogens is 520 g/mol. The zero-order valence-corrected chi connectivity index (χ0v) is 24.6. The summed E-state index contributed by atoms with van der Waals surface area (Å²) in [6.45, 7) is 11.1. The Labute approximate surface area is 242 Å². The zero-order valence-electron chi connectivity index (χ0n) is 24.6. The first-order chi connectivity index (χ1) is 20.0. The van der Waals surface area contributed by atoms with Gasteiger partial charge in [0.25, 0.3) is 5.75 Å². The summed E-state index contributed by atoms with van der Waals surface area (Å²) in [6.07, 6.45) is 6.93. The van der Waals surface area contributed by atoms with E-state index in [-0.39, 0.29) is 12.1 Å². The number of hydrogen-bond donors (Lipinski definition) is 1. The number of nitrogens with one attached hydrogen (secondary N) is 2. The van der Waals surface area contributed by atoms with Gasteiger partial charge in [0, 0.05) is 50.3 Å². The third kappa shape index (κ3) is 7.49. The van der Waals surface area contributed by atoms with Gasteiger partial charge >= 0.3 is 6.03 Å². The van der Waals surface area contributed by atoms with Crippen LogP contribution < -0.4 is 24.7 Å². The number of piperidine rings is 1. The van der Waals surface area contributed by atoms with Crippen LogP contribution in [0.15, 0.2) is 42.7 Å². The lowest BCUT2D eigenvalue weighted by molar-refractivity contribution is -0.367. The molecule has 220 valence electrons. The molecule has 0 radical (unpaired) electrons. The topological polar surface area (TPSA) is 101 Å². The molecule has 4 N–H and O–H groups in total. The van der Waals surface area contributed by atoms with E-state index in [1.54, 1.807) is 13.4 Å². The maximum Gasteiger partial charge on any atom is 0.505 e. The number of nitrogens with zero attached hydrogens (tertiary/aromatic N) is 4. The third-order valence-corrected chi connectivity index (χ3v) is 7.69. The minimum atomic E-state index is 0.158. The first-order valence-electron chi connectivity index (χ1n) is 14.9. The second kappa shape index (κ2) is 13.7. The highest BCUT2D eigenvalue weighted by molar-refractivity contribution is 5.91. The molecule has 41 heavy (non-hydrogen) atoms. The quantitative estimate of drug-likeness (QED) is 0.230. The lowest BCUT2D eigenvalue weighted by Crippen LogP contribution is -2.51. The largest absolute Gasteiger partial charge is 0.581 e. The van der Waals surface area contributed by atoms with Crippen LogP contribution in [0.5, 0.6) is 17.2 Å². The van der Waals surface area contributed by atoms with Crippen molar-refractivity contribution in [1.82, 2.24) is 14.8 Å². The number of amides is 2. The number of ether oxygens (including phenoxy) is 3. The summed E-state index contributed by atoms with van der Waals surface area (Å²) in [5.74, 6) is 3.35. The van der Waals surface area contributed by atoms with Gasteiger partial charge in [-0.25, -0.2) is 9.78 Å². The average molecular weight is 566 g/mol. The number of carbonyl (C=O) groups excluding carboxylic acids is 1. The van der Waals surface area contributed by atoms with E-state index in [9.17, 15) is 4.79 Å². The van der Waals surface area contributed by atoms with E-state index in [4.69, 9.17) is 9.47 Å². The molecular formula is C31H45N6O4+3. The Morgan fingerprint density at radius 3 is 2.49 bits per heavy atom. The van der Waals surface area contributed by atoms with Crippen molar-refractivity contribution in [3.8, 4) is 17.2 Å². The number of H-pyrrole nitrogens is 1. The number of rotatable bonds is 10. The molecule has 1 aromatic heterocycles. The van der Waals surface area contributed by atoms with Crippen molar-refractivity contribution in [3.63, 3.8) is 0 Å². The molecule has 5 rings (SSSR count). The van der Waals surface area contributed by atoms with Crippen LogP contribution in [0.2, 0.25) is 0 Å². The van der Waals surface area contributed by atoms with Gasteiger partial charge in [0.05, 0.1) is 45.3 Å². The highest BCUT2D eigenvalue weighted by Crippen LogP contribution is 2.34. The number of aromatic amines is 1. The number of hydrogen-bond acceptors (Lipinski definition) is 5. The van der Waals surface area contributed by atoms with Crippen molar-refractivity contribution in [2.75, 3.05) is 69.7 Å². The molecule has 10 nitrogen and oxygen atoms in total. The van der Waals surface area contributed by atoms with Crippen molar-refractivity contribution >= 4 is 28.4 Å². The second-order valence-electron chi connectivity index (χ2n) is 11.1. The number of fused-ring (bicyclic) bond motifs is 1. The highest BCUT2D eigenvalue weighted by Gasteiger charge is 2.30. The predicted octanol–water partition coefficient (Wildman–Crippen LogP) is 3.66. The molecule has 0 atom stereocenters. The van der Waals surface area contributed by atoms with Gasteiger partial charge in [-0.3, -0.25) is 15.1 Å². The van der Waals surface area contributed by atoms with Gasteiger partial charge in [0.2, 0.25) is 12.1 Å². The first-order valence-corrected chi connectivity index (χ1v) is 14.9. The number of aromatic hydroxyl groups is 1. The van der Waals surface area contributed by atoms with Crippen LogP contribution in [0, 0.1) is 0 Å². The first kappa shape index (κ1) is 28.7. The maximum absolute atomic E-state index is 10.8. The summed E-state index contributed by atoms with van der Waals surface area (Å²) in [6, 6.07) is 11.9. The molecule has 2 fully saturated rings. The van der Waals surface area contributed by atoms with E-state index in [2.05, 4.69) is 43.7 Å². The van der Waals surface area contributed by atoms with Crippen molar-refractivity contribution in [2.24, 2.45) is 0 Å². The summed E-state index contributed by atoms with van der Waals surface area (Å²) in [7, 11) is 1.68. The molecule has 2 saturated heterocycles. The normalized spacial score (nSPS) is 16.2. The van der Waals surface area contributed by atoms with E-state index in [0.29, 0.717) is 25.4 Å². The molecule has 2 amide bonds. The monoisotopic (exact) mass is 565 g/mol. The molecule has 0 unspecified atom stereocenters. The van der Waals surface area contributed by atoms with Crippen LogP contribution in [0.1, 0.15) is 39.5 Å². The van der Waals surface area contributed by atoms with E-state index >= 15 is 0 Å². The predicted molar refractivity (Wildman–Crippen MR) is 163 cm³/mol. The van der Waals surface area contributed by atoms with Gasteiger partial charge in [0.15, 0.2) is 23.1 Å². The fraction of sp³-hybridized carbons (Fsp3) is 0.516. The molecule has 2 aromatic carbocycles. The average Bonchev–Trinajstić information content (AvgIpc) is 3.00. The fourth-order valence-electron chi connectivity index (χ4n) is 5.55. The summed E-state index contributed by atoms with van der Waals surface area (Å²) in [5.41, 5.74) is 1.69. The van der Waals surface area contributed by atoms with Gasteiger partial charge in [-0.2, -0.15) is 0 Å². The molecule has 0 spiro atoms. The molecule has 0 bridgehead atoms. The lowest BCUT2D eigenvalue weighted by Gasteiger charge is -2.30. The van der Waals surface area contributed by atoms with Gasteiger partial charge in [-0.15, -0.1) is 4.98 Å². The number of likely N-dealkylation sites (tertiary alicyclic amines) is 1. The summed E-state index contributed by atoms with van der Waals surface area (Å²) in [4.78, 5) is 25.5. The minimum absolute atomic E-state index is 0.158. The standard InChI is InChI=1S/C31H42N6O4/c1-23(2)41-25-10-8-24(9-11-25)34-31(38)37-17-15-36(16-18-37)30-26-20-28(39-3)29(21-27(26)32-22-33-30)40-19-7-14-35-12-5-4-6-13-35/h8-11,20-23H,4-7,12-19H2,1-3H3,(H,34,38)/p+3. The number of aromatic nitrogens is 2. The number of methoxy groups -OCH3 is 1. The van der Waals surface area contributed by atoms with Crippen LogP contribution in [-0.2, 0) is 0 Å². The van der Waals surface area contributed by atoms with Crippen LogP contribution in [0.4, 0.5) is 11.5 Å². The molecule has 0 aliphatic carbocycles. The van der Waals surface area contributed by atoms with Crippen molar-refractivity contribution in [3.05, 3.63) is 42.7 Å². The van der Waals surface area contributed by atoms with Crippen molar-refractivity contribution < 1.29 is 24.0 Å². The van der Waals surface area contributed by atoms with E-state index in [0.717, 1.165) is 60.0 Å². The summed E-state index contributed by atoms with van der Waals surface area (Å²) in [5, 5.41) is 4.11.